The van der Waals surface area contributed by atoms with Crippen LogP contribution in [0.3, 0.4) is 0 Å². The van der Waals surface area contributed by atoms with Gasteiger partial charge in [-0.1, -0.05) is 66.4 Å². The monoisotopic (exact) mass is 594 g/mol. The maximum Gasteiger partial charge on any atom is 0.330 e. The van der Waals surface area contributed by atoms with E-state index in [1.165, 1.54) is 19.3 Å². The molecule has 4 atom stereocenters. The predicted molar refractivity (Wildman–Crippen MR) is 162 cm³/mol. The van der Waals surface area contributed by atoms with E-state index in [4.69, 9.17) is 13.9 Å². The Morgan fingerprint density at radius 3 is 2.24 bits per heavy atom. The van der Waals surface area contributed by atoms with Crippen LogP contribution < -0.4 is 0 Å². The molecular weight excluding hydrogens is 540 g/mol. The van der Waals surface area contributed by atoms with Crippen LogP contribution in [0.5, 0.6) is 0 Å². The van der Waals surface area contributed by atoms with Crippen molar-refractivity contribution in [3.05, 3.63) is 23.8 Å². The largest absolute Gasteiger partial charge is 0.466 e. The summed E-state index contributed by atoms with van der Waals surface area (Å²) in [5.74, 6) is -1.49. The highest BCUT2D eigenvalue weighted by Crippen LogP contribution is 2.50. The molecule has 2 N–H and O–H groups in total. The van der Waals surface area contributed by atoms with Crippen LogP contribution in [0.25, 0.3) is 0 Å². The summed E-state index contributed by atoms with van der Waals surface area (Å²) in [5.41, 5.74) is -2.23. The van der Waals surface area contributed by atoms with E-state index >= 15 is 0 Å². The Morgan fingerprint density at radius 2 is 1.71 bits per heavy atom. The van der Waals surface area contributed by atoms with Gasteiger partial charge in [0.05, 0.1) is 25.7 Å². The van der Waals surface area contributed by atoms with Gasteiger partial charge in [-0.2, -0.15) is 0 Å². The lowest BCUT2D eigenvalue weighted by Gasteiger charge is -2.51. The second kappa shape index (κ2) is 14.6. The van der Waals surface area contributed by atoms with Crippen LogP contribution in [-0.2, 0) is 28.3 Å². The van der Waals surface area contributed by atoms with Gasteiger partial charge >= 0.3 is 11.9 Å². The van der Waals surface area contributed by atoms with Gasteiger partial charge in [-0.25, -0.2) is 4.79 Å². The molecule has 41 heavy (non-hydrogen) atoms. The van der Waals surface area contributed by atoms with Crippen LogP contribution >= 0.6 is 0 Å². The summed E-state index contributed by atoms with van der Waals surface area (Å²) in [6.45, 7) is 14.4. The third-order valence-corrected chi connectivity index (χ3v) is 14.1. The van der Waals surface area contributed by atoms with E-state index in [2.05, 4.69) is 33.9 Å². The van der Waals surface area contributed by atoms with E-state index in [9.17, 15) is 24.6 Å². The van der Waals surface area contributed by atoms with E-state index in [1.54, 1.807) is 19.9 Å². The summed E-state index contributed by atoms with van der Waals surface area (Å²) < 4.78 is 17.3. The van der Waals surface area contributed by atoms with Gasteiger partial charge in [0.2, 0.25) is 0 Å². The first-order valence-electron chi connectivity index (χ1n) is 15.1. The maximum absolute atomic E-state index is 13.5. The fourth-order valence-corrected chi connectivity index (χ4v) is 6.82. The number of carbonyl (C=O) groups is 3. The van der Waals surface area contributed by atoms with Gasteiger partial charge < -0.3 is 24.1 Å². The molecule has 234 valence electrons. The number of ether oxygens (including phenoxy) is 2. The van der Waals surface area contributed by atoms with Crippen molar-refractivity contribution < 1.29 is 38.5 Å². The van der Waals surface area contributed by atoms with Gasteiger partial charge in [-0.15, -0.1) is 0 Å². The van der Waals surface area contributed by atoms with Gasteiger partial charge in [-0.05, 0) is 67.8 Å². The minimum absolute atomic E-state index is 0.00236. The SMILES string of the molecule is COC(=O)/C=C1\C[C@@H](C[C@@H](O)CO[Si](C)(C)C(C)(C)C)C[C@@](O)(C(C)(C)/C=C/C=O)[C@H]1OC(=O)C1CCCCCC1. The van der Waals surface area contributed by atoms with Crippen molar-refractivity contribution in [2.75, 3.05) is 13.7 Å². The number of hydrogen-bond donors (Lipinski definition) is 2. The first-order chi connectivity index (χ1) is 19.0. The molecule has 2 saturated carbocycles. The number of methoxy groups -OCH3 is 1. The molecule has 0 radical (unpaired) electrons. The van der Waals surface area contributed by atoms with Gasteiger partial charge in [0.1, 0.15) is 11.9 Å². The van der Waals surface area contributed by atoms with Crippen molar-refractivity contribution in [1.29, 1.82) is 0 Å². The quantitative estimate of drug-likeness (QED) is 0.103. The maximum atomic E-state index is 13.5. The predicted octanol–water partition coefficient (Wildman–Crippen LogP) is 5.66. The molecule has 2 aliphatic rings. The molecular formula is C32H54O8Si. The normalized spacial score (nSPS) is 26.9. The summed E-state index contributed by atoms with van der Waals surface area (Å²) in [6, 6.07) is 0. The minimum atomic E-state index is -2.08. The third kappa shape index (κ3) is 9.34. The van der Waals surface area contributed by atoms with E-state index in [1.807, 2.05) is 0 Å². The van der Waals surface area contributed by atoms with Crippen LogP contribution in [0.4, 0.5) is 0 Å². The average Bonchev–Trinajstić information content (AvgIpc) is 3.17. The lowest BCUT2D eigenvalue weighted by molar-refractivity contribution is -0.188. The van der Waals surface area contributed by atoms with Crippen LogP contribution in [0.1, 0.15) is 92.4 Å². The molecule has 9 heteroatoms. The highest BCUT2D eigenvalue weighted by Gasteiger charge is 2.56. The van der Waals surface area contributed by atoms with Crippen LogP contribution in [0, 0.1) is 17.3 Å². The van der Waals surface area contributed by atoms with Crippen LogP contribution in [0.2, 0.25) is 18.1 Å². The average molecular weight is 595 g/mol. The van der Waals surface area contributed by atoms with E-state index in [0.717, 1.165) is 38.5 Å². The second-order valence-corrected chi connectivity index (χ2v) is 18.9. The van der Waals surface area contributed by atoms with E-state index < -0.39 is 37.5 Å². The number of esters is 2. The Balaban J connectivity index is 2.43. The highest BCUT2D eigenvalue weighted by atomic mass is 28.4. The molecule has 0 amide bonds. The molecule has 8 nitrogen and oxygen atoms in total. The highest BCUT2D eigenvalue weighted by molar-refractivity contribution is 6.74. The minimum Gasteiger partial charge on any atom is -0.466 e. The Bertz CT molecular complexity index is 955. The lowest BCUT2D eigenvalue weighted by Crippen LogP contribution is -2.59. The van der Waals surface area contributed by atoms with Gasteiger partial charge in [-0.3, -0.25) is 9.59 Å². The van der Waals surface area contributed by atoms with Crippen molar-refractivity contribution in [3.8, 4) is 0 Å². The summed E-state index contributed by atoms with van der Waals surface area (Å²) in [4.78, 5) is 37.2. The Morgan fingerprint density at radius 1 is 1.10 bits per heavy atom. The van der Waals surface area contributed by atoms with Crippen molar-refractivity contribution in [2.24, 2.45) is 17.3 Å². The number of carbonyl (C=O) groups excluding carboxylic acids is 3. The number of aliphatic hydroxyl groups is 2. The fourth-order valence-electron chi connectivity index (χ4n) is 5.78. The van der Waals surface area contributed by atoms with Gasteiger partial charge in [0, 0.05) is 11.5 Å². The number of aliphatic hydroxyl groups excluding tert-OH is 1. The molecule has 2 aliphatic carbocycles. The van der Waals surface area contributed by atoms with Crippen LogP contribution in [0.15, 0.2) is 23.8 Å². The van der Waals surface area contributed by atoms with Crippen molar-refractivity contribution in [1.82, 2.24) is 0 Å². The molecule has 0 saturated heterocycles. The zero-order valence-electron chi connectivity index (χ0n) is 26.5. The molecule has 0 bridgehead atoms. The Hall–Kier alpha value is -1.81. The third-order valence-electron chi connectivity index (χ3n) is 9.58. The zero-order chi connectivity index (χ0) is 31.1. The standard InChI is InChI=1S/C32H54O8Si/c1-30(2,3)41(7,8)39-22-26(34)19-23-18-25(20-27(35)38-6)28(32(37,21-23)31(4,5)16-13-17-33)40-29(36)24-14-11-9-10-12-15-24/h13,16-17,20,23-24,26,28,34,37H,9-12,14-15,18-19,21-22H2,1-8H3/b16-13+,25-20+/t23-,26+,28-,32-/m0/s1. The molecule has 0 unspecified atom stereocenters. The molecule has 0 aliphatic heterocycles. The number of rotatable bonds is 11. The van der Waals surface area contributed by atoms with Crippen LogP contribution in [-0.4, -0.2) is 68.3 Å². The molecule has 2 rings (SSSR count). The first kappa shape index (κ1) is 35.4. The zero-order valence-corrected chi connectivity index (χ0v) is 27.5. The number of aldehydes is 1. The van der Waals surface area contributed by atoms with Crippen molar-refractivity contribution in [3.63, 3.8) is 0 Å². The van der Waals surface area contributed by atoms with E-state index in [0.29, 0.717) is 24.7 Å². The Kier molecular flexibility index (Phi) is 12.6. The lowest BCUT2D eigenvalue weighted by atomic mass is 9.60. The summed E-state index contributed by atoms with van der Waals surface area (Å²) in [5, 5.41) is 23.5. The molecule has 0 spiro atoms. The molecule has 0 aromatic rings. The fraction of sp³-hybridized carbons (Fsp3) is 0.781. The molecule has 0 aromatic carbocycles. The van der Waals surface area contributed by atoms with Crippen molar-refractivity contribution in [2.45, 2.75) is 128 Å². The van der Waals surface area contributed by atoms with Crippen molar-refractivity contribution >= 4 is 26.5 Å². The summed E-state index contributed by atoms with van der Waals surface area (Å²) in [7, 11) is -0.803. The Labute approximate surface area is 248 Å². The summed E-state index contributed by atoms with van der Waals surface area (Å²) >= 11 is 0. The molecule has 0 heterocycles. The van der Waals surface area contributed by atoms with Gasteiger partial charge in [0.25, 0.3) is 0 Å². The number of allylic oxidation sites excluding steroid dienone is 1. The smallest absolute Gasteiger partial charge is 0.330 e. The van der Waals surface area contributed by atoms with E-state index in [-0.39, 0.29) is 35.9 Å². The van der Waals surface area contributed by atoms with Gasteiger partial charge in [0.15, 0.2) is 14.4 Å². The number of hydrogen-bond acceptors (Lipinski definition) is 8. The summed E-state index contributed by atoms with van der Waals surface area (Å²) in [6.07, 6.45) is 9.39. The second-order valence-electron chi connectivity index (χ2n) is 14.1. The molecule has 0 aromatic heterocycles. The first-order valence-corrected chi connectivity index (χ1v) is 18.0. The topological polar surface area (TPSA) is 119 Å². The molecule has 2 fully saturated rings.